The zero-order valence-electron chi connectivity index (χ0n) is 12.9. The molecule has 0 saturated carbocycles. The van der Waals surface area contributed by atoms with Crippen LogP contribution < -0.4 is 5.32 Å². The van der Waals surface area contributed by atoms with Crippen molar-refractivity contribution in [3.05, 3.63) is 59.8 Å². The fraction of sp³-hybridized carbons (Fsp3) is 0.294. The Morgan fingerprint density at radius 3 is 2.48 bits per heavy atom. The SMILES string of the molecule is CC(C)C(OC(=O)c1ccco1)C(=O)NCc1ccc(F)cc1. The number of hydrogen-bond acceptors (Lipinski definition) is 4. The zero-order valence-corrected chi connectivity index (χ0v) is 12.9. The Labute approximate surface area is 133 Å². The maximum Gasteiger partial charge on any atom is 0.375 e. The summed E-state index contributed by atoms with van der Waals surface area (Å²) in [5.74, 6) is -1.61. The van der Waals surface area contributed by atoms with Gasteiger partial charge in [0.15, 0.2) is 6.10 Å². The lowest BCUT2D eigenvalue weighted by atomic mass is 10.1. The maximum absolute atomic E-state index is 12.8. The highest BCUT2D eigenvalue weighted by Crippen LogP contribution is 2.12. The third-order valence-corrected chi connectivity index (χ3v) is 3.20. The van der Waals surface area contributed by atoms with E-state index < -0.39 is 18.0 Å². The van der Waals surface area contributed by atoms with Crippen LogP contribution in [0.15, 0.2) is 47.1 Å². The van der Waals surface area contributed by atoms with E-state index >= 15 is 0 Å². The Kier molecular flexibility index (Phi) is 5.51. The van der Waals surface area contributed by atoms with Gasteiger partial charge in [-0.25, -0.2) is 9.18 Å². The van der Waals surface area contributed by atoms with E-state index in [4.69, 9.17) is 9.15 Å². The molecule has 1 aromatic carbocycles. The van der Waals surface area contributed by atoms with Crippen LogP contribution in [0.2, 0.25) is 0 Å². The number of esters is 1. The average molecular weight is 319 g/mol. The predicted molar refractivity (Wildman–Crippen MR) is 81.0 cm³/mol. The molecule has 6 heteroatoms. The highest BCUT2D eigenvalue weighted by Gasteiger charge is 2.27. The van der Waals surface area contributed by atoms with E-state index in [-0.39, 0.29) is 24.0 Å². The molecule has 1 aromatic heterocycles. The molecule has 0 bridgehead atoms. The average Bonchev–Trinajstić information content (AvgIpc) is 3.05. The monoisotopic (exact) mass is 319 g/mol. The van der Waals surface area contributed by atoms with Crippen molar-refractivity contribution in [3.63, 3.8) is 0 Å². The molecule has 23 heavy (non-hydrogen) atoms. The topological polar surface area (TPSA) is 68.5 Å². The molecule has 0 spiro atoms. The molecule has 122 valence electrons. The number of benzene rings is 1. The molecule has 0 aliphatic carbocycles. The molecule has 1 atom stereocenters. The minimum absolute atomic E-state index is 0.0435. The van der Waals surface area contributed by atoms with Gasteiger partial charge < -0.3 is 14.5 Å². The number of amides is 1. The van der Waals surface area contributed by atoms with E-state index in [1.54, 1.807) is 32.0 Å². The summed E-state index contributed by atoms with van der Waals surface area (Å²) in [5, 5.41) is 2.68. The largest absolute Gasteiger partial charge is 0.457 e. The van der Waals surface area contributed by atoms with Gasteiger partial charge in [-0.2, -0.15) is 0 Å². The van der Waals surface area contributed by atoms with Gasteiger partial charge in [-0.3, -0.25) is 4.79 Å². The molecule has 2 rings (SSSR count). The molecule has 1 heterocycles. The standard InChI is InChI=1S/C17H18FNO4/c1-11(2)15(23-17(21)14-4-3-9-22-14)16(20)19-10-12-5-7-13(18)8-6-12/h3-9,11,15H,10H2,1-2H3,(H,19,20). The van der Waals surface area contributed by atoms with Crippen molar-refractivity contribution in [1.29, 1.82) is 0 Å². The molecular weight excluding hydrogens is 301 g/mol. The molecule has 5 nitrogen and oxygen atoms in total. The van der Waals surface area contributed by atoms with Crippen molar-refractivity contribution in [1.82, 2.24) is 5.32 Å². The van der Waals surface area contributed by atoms with Gasteiger partial charge in [0, 0.05) is 6.54 Å². The summed E-state index contributed by atoms with van der Waals surface area (Å²) in [7, 11) is 0. The number of hydrogen-bond donors (Lipinski definition) is 1. The second-order valence-corrected chi connectivity index (χ2v) is 5.39. The molecule has 0 aliphatic rings. The van der Waals surface area contributed by atoms with E-state index in [0.717, 1.165) is 5.56 Å². The predicted octanol–water partition coefficient (Wildman–Crippen LogP) is 2.92. The molecule has 0 radical (unpaired) electrons. The first-order valence-corrected chi connectivity index (χ1v) is 7.24. The molecule has 1 N–H and O–H groups in total. The minimum atomic E-state index is -0.937. The Balaban J connectivity index is 1.95. The van der Waals surface area contributed by atoms with E-state index in [1.807, 2.05) is 0 Å². The van der Waals surface area contributed by atoms with Crippen LogP contribution in [0, 0.1) is 11.7 Å². The van der Waals surface area contributed by atoms with Gasteiger partial charge in [0.1, 0.15) is 5.82 Å². The Morgan fingerprint density at radius 1 is 1.22 bits per heavy atom. The fourth-order valence-electron chi connectivity index (χ4n) is 1.95. The van der Waals surface area contributed by atoms with Crippen LogP contribution >= 0.6 is 0 Å². The molecular formula is C17H18FNO4. The van der Waals surface area contributed by atoms with E-state index in [2.05, 4.69) is 5.32 Å². The summed E-state index contributed by atoms with van der Waals surface area (Å²) in [6.45, 7) is 3.77. The van der Waals surface area contributed by atoms with E-state index in [0.29, 0.717) is 0 Å². The van der Waals surface area contributed by atoms with Crippen LogP contribution in [0.1, 0.15) is 30.0 Å². The van der Waals surface area contributed by atoms with Crippen LogP contribution in [0.3, 0.4) is 0 Å². The number of halogens is 1. The summed E-state index contributed by atoms with van der Waals surface area (Å²) in [5.41, 5.74) is 0.750. The van der Waals surface area contributed by atoms with Gasteiger partial charge in [-0.05, 0) is 35.7 Å². The lowest BCUT2D eigenvalue weighted by Crippen LogP contribution is -2.40. The second kappa shape index (κ2) is 7.58. The van der Waals surface area contributed by atoms with E-state index in [9.17, 15) is 14.0 Å². The molecule has 2 aromatic rings. The summed E-state index contributed by atoms with van der Waals surface area (Å²) >= 11 is 0. The normalized spacial score (nSPS) is 12.0. The zero-order chi connectivity index (χ0) is 16.8. The summed E-state index contributed by atoms with van der Waals surface area (Å²) in [6, 6.07) is 8.83. The van der Waals surface area contributed by atoms with Gasteiger partial charge in [-0.15, -0.1) is 0 Å². The number of nitrogens with one attached hydrogen (secondary N) is 1. The van der Waals surface area contributed by atoms with Crippen LogP contribution in [-0.4, -0.2) is 18.0 Å². The van der Waals surface area contributed by atoms with Crippen LogP contribution in [0.25, 0.3) is 0 Å². The number of furan rings is 1. The summed E-state index contributed by atoms with van der Waals surface area (Å²) in [6.07, 6.45) is 0.420. The van der Waals surface area contributed by atoms with Crippen molar-refractivity contribution in [2.24, 2.45) is 5.92 Å². The van der Waals surface area contributed by atoms with E-state index in [1.165, 1.54) is 24.5 Å². The highest BCUT2D eigenvalue weighted by molar-refractivity contribution is 5.90. The lowest BCUT2D eigenvalue weighted by molar-refractivity contribution is -0.132. The first-order valence-electron chi connectivity index (χ1n) is 7.24. The molecule has 1 amide bonds. The Bertz CT molecular complexity index is 650. The first kappa shape index (κ1) is 16.7. The van der Waals surface area contributed by atoms with Gasteiger partial charge in [0.05, 0.1) is 6.26 Å². The molecule has 0 fully saturated rings. The van der Waals surface area contributed by atoms with Crippen LogP contribution in [0.4, 0.5) is 4.39 Å². The van der Waals surface area contributed by atoms with Crippen molar-refractivity contribution in [2.45, 2.75) is 26.5 Å². The van der Waals surface area contributed by atoms with Gasteiger partial charge in [0.2, 0.25) is 5.76 Å². The Hall–Kier alpha value is -2.63. The number of carbonyl (C=O) groups is 2. The smallest absolute Gasteiger partial charge is 0.375 e. The van der Waals surface area contributed by atoms with Gasteiger partial charge in [-0.1, -0.05) is 26.0 Å². The lowest BCUT2D eigenvalue weighted by Gasteiger charge is -2.20. The Morgan fingerprint density at radius 2 is 1.91 bits per heavy atom. The molecule has 0 saturated heterocycles. The minimum Gasteiger partial charge on any atom is -0.457 e. The number of rotatable bonds is 6. The van der Waals surface area contributed by atoms with Gasteiger partial charge in [0.25, 0.3) is 5.91 Å². The number of carbonyl (C=O) groups excluding carboxylic acids is 2. The van der Waals surface area contributed by atoms with Crippen LogP contribution in [-0.2, 0) is 16.1 Å². The second-order valence-electron chi connectivity index (χ2n) is 5.39. The third kappa shape index (κ3) is 4.67. The first-order chi connectivity index (χ1) is 11.0. The van der Waals surface area contributed by atoms with Crippen molar-refractivity contribution in [3.8, 4) is 0 Å². The summed E-state index contributed by atoms with van der Waals surface area (Å²) < 4.78 is 23.0. The van der Waals surface area contributed by atoms with Crippen molar-refractivity contribution >= 4 is 11.9 Å². The quantitative estimate of drug-likeness (QED) is 0.831. The highest BCUT2D eigenvalue weighted by atomic mass is 19.1. The van der Waals surface area contributed by atoms with Crippen molar-refractivity contribution < 1.29 is 23.1 Å². The molecule has 1 unspecified atom stereocenters. The fourth-order valence-corrected chi connectivity index (χ4v) is 1.95. The summed E-state index contributed by atoms with van der Waals surface area (Å²) in [4.78, 5) is 24.1. The van der Waals surface area contributed by atoms with Gasteiger partial charge >= 0.3 is 5.97 Å². The third-order valence-electron chi connectivity index (χ3n) is 3.20. The van der Waals surface area contributed by atoms with Crippen LogP contribution in [0.5, 0.6) is 0 Å². The van der Waals surface area contributed by atoms with Crippen molar-refractivity contribution in [2.75, 3.05) is 0 Å². The maximum atomic E-state index is 12.8. The molecule has 0 aliphatic heterocycles. The number of ether oxygens (including phenoxy) is 1.